The van der Waals surface area contributed by atoms with Gasteiger partial charge in [-0.1, -0.05) is 29.8 Å². The predicted molar refractivity (Wildman–Crippen MR) is 95.7 cm³/mol. The molecule has 0 radical (unpaired) electrons. The molecule has 1 aromatic rings. The highest BCUT2D eigenvalue weighted by Crippen LogP contribution is 2.31. The standard InChI is InChI=1S/C17H26N2S.ClH/c1-14-2-4-16(5-3-14)17-13-20-11-10-19(17)12-15-6-8-18-9-7-15;/h2-5,15,17-18H,6-13H2,1H3;1H. The Bertz CT molecular complexity index is 417. The normalized spacial score (nSPS) is 24.5. The van der Waals surface area contributed by atoms with Crippen LogP contribution in [0.1, 0.15) is 30.0 Å². The minimum Gasteiger partial charge on any atom is -0.317 e. The van der Waals surface area contributed by atoms with Crippen LogP contribution in [0.3, 0.4) is 0 Å². The second-order valence-electron chi connectivity index (χ2n) is 6.19. The quantitative estimate of drug-likeness (QED) is 0.915. The molecule has 2 aliphatic rings. The summed E-state index contributed by atoms with van der Waals surface area (Å²) in [7, 11) is 0. The van der Waals surface area contributed by atoms with Crippen LogP contribution >= 0.6 is 24.2 Å². The van der Waals surface area contributed by atoms with E-state index in [-0.39, 0.29) is 12.4 Å². The highest BCUT2D eigenvalue weighted by atomic mass is 35.5. The first-order valence-corrected chi connectivity index (χ1v) is 9.07. The van der Waals surface area contributed by atoms with Crippen molar-refractivity contribution in [2.45, 2.75) is 25.8 Å². The maximum Gasteiger partial charge on any atom is 0.0439 e. The Labute approximate surface area is 139 Å². The molecule has 2 saturated heterocycles. The Morgan fingerprint density at radius 3 is 2.62 bits per heavy atom. The summed E-state index contributed by atoms with van der Waals surface area (Å²) in [4.78, 5) is 2.75. The van der Waals surface area contributed by atoms with Crippen LogP contribution in [0.2, 0.25) is 0 Å². The van der Waals surface area contributed by atoms with Crippen LogP contribution in [0, 0.1) is 12.8 Å². The Kier molecular flexibility index (Phi) is 6.87. The van der Waals surface area contributed by atoms with Gasteiger partial charge in [-0.15, -0.1) is 12.4 Å². The van der Waals surface area contributed by atoms with E-state index in [0.29, 0.717) is 6.04 Å². The van der Waals surface area contributed by atoms with Gasteiger partial charge in [0.1, 0.15) is 0 Å². The Hall–Kier alpha value is -0.220. The van der Waals surface area contributed by atoms with Gasteiger partial charge in [-0.3, -0.25) is 4.90 Å². The summed E-state index contributed by atoms with van der Waals surface area (Å²) >= 11 is 2.11. The van der Waals surface area contributed by atoms with Gasteiger partial charge in [0.15, 0.2) is 0 Å². The van der Waals surface area contributed by atoms with Gasteiger partial charge in [0, 0.05) is 30.6 Å². The first-order valence-electron chi connectivity index (χ1n) is 7.92. The van der Waals surface area contributed by atoms with Crippen LogP contribution in [-0.2, 0) is 0 Å². The Morgan fingerprint density at radius 1 is 1.19 bits per heavy atom. The fourth-order valence-electron chi connectivity index (χ4n) is 3.35. The van der Waals surface area contributed by atoms with Gasteiger partial charge in [-0.25, -0.2) is 0 Å². The molecule has 0 aliphatic carbocycles. The smallest absolute Gasteiger partial charge is 0.0439 e. The average molecular weight is 327 g/mol. The number of benzene rings is 1. The largest absolute Gasteiger partial charge is 0.317 e. The van der Waals surface area contributed by atoms with E-state index in [1.165, 1.54) is 61.7 Å². The summed E-state index contributed by atoms with van der Waals surface area (Å²) in [6.07, 6.45) is 2.70. The highest BCUT2D eigenvalue weighted by molar-refractivity contribution is 7.99. The minimum atomic E-state index is 0. The molecule has 4 heteroatoms. The Balaban J connectivity index is 0.00000161. The van der Waals surface area contributed by atoms with Crippen LogP contribution in [-0.4, -0.2) is 42.6 Å². The number of hydrogen-bond donors (Lipinski definition) is 1. The fourth-order valence-corrected chi connectivity index (χ4v) is 4.50. The van der Waals surface area contributed by atoms with Crippen molar-refractivity contribution in [3.8, 4) is 0 Å². The van der Waals surface area contributed by atoms with E-state index in [4.69, 9.17) is 0 Å². The average Bonchev–Trinajstić information content (AvgIpc) is 2.50. The van der Waals surface area contributed by atoms with E-state index in [0.717, 1.165) is 5.92 Å². The molecule has 0 saturated carbocycles. The summed E-state index contributed by atoms with van der Waals surface area (Å²) in [5.41, 5.74) is 2.87. The molecule has 118 valence electrons. The molecule has 3 rings (SSSR count). The highest BCUT2D eigenvalue weighted by Gasteiger charge is 2.27. The van der Waals surface area contributed by atoms with Crippen LogP contribution in [0.15, 0.2) is 24.3 Å². The maximum absolute atomic E-state index is 3.48. The van der Waals surface area contributed by atoms with Crippen LogP contribution in [0.4, 0.5) is 0 Å². The van der Waals surface area contributed by atoms with Crippen LogP contribution < -0.4 is 5.32 Å². The lowest BCUT2D eigenvalue weighted by Gasteiger charge is -2.39. The van der Waals surface area contributed by atoms with E-state index in [1.807, 2.05) is 0 Å². The van der Waals surface area contributed by atoms with Gasteiger partial charge in [-0.05, 0) is 44.3 Å². The molecular weight excluding hydrogens is 300 g/mol. The third-order valence-electron chi connectivity index (χ3n) is 4.65. The van der Waals surface area contributed by atoms with E-state index >= 15 is 0 Å². The van der Waals surface area contributed by atoms with E-state index < -0.39 is 0 Å². The van der Waals surface area contributed by atoms with Crippen molar-refractivity contribution in [2.24, 2.45) is 5.92 Å². The number of rotatable bonds is 3. The van der Waals surface area contributed by atoms with E-state index in [9.17, 15) is 0 Å². The summed E-state index contributed by atoms with van der Waals surface area (Å²) in [5, 5.41) is 3.48. The summed E-state index contributed by atoms with van der Waals surface area (Å²) in [6.45, 7) is 7.14. The first kappa shape index (κ1) is 17.1. The fraction of sp³-hybridized carbons (Fsp3) is 0.647. The van der Waals surface area contributed by atoms with Crippen molar-refractivity contribution in [2.75, 3.05) is 37.7 Å². The number of thioether (sulfide) groups is 1. The SMILES string of the molecule is Cc1ccc(C2CSCCN2CC2CCNCC2)cc1.Cl. The number of piperidine rings is 1. The first-order chi connectivity index (χ1) is 9.83. The van der Waals surface area contributed by atoms with Gasteiger partial charge < -0.3 is 5.32 Å². The molecule has 2 fully saturated rings. The Morgan fingerprint density at radius 2 is 1.90 bits per heavy atom. The van der Waals surface area contributed by atoms with Crippen molar-refractivity contribution in [3.63, 3.8) is 0 Å². The van der Waals surface area contributed by atoms with Crippen molar-refractivity contribution in [1.29, 1.82) is 0 Å². The lowest BCUT2D eigenvalue weighted by molar-refractivity contribution is 0.168. The topological polar surface area (TPSA) is 15.3 Å². The molecule has 1 atom stereocenters. The van der Waals surface area contributed by atoms with Crippen molar-refractivity contribution < 1.29 is 0 Å². The zero-order valence-electron chi connectivity index (χ0n) is 12.9. The molecule has 21 heavy (non-hydrogen) atoms. The molecule has 1 unspecified atom stereocenters. The lowest BCUT2D eigenvalue weighted by atomic mass is 9.96. The number of nitrogens with one attached hydrogen (secondary N) is 1. The lowest BCUT2D eigenvalue weighted by Crippen LogP contribution is -2.41. The second-order valence-corrected chi connectivity index (χ2v) is 7.34. The molecule has 1 aromatic carbocycles. The van der Waals surface area contributed by atoms with Gasteiger partial charge in [0.2, 0.25) is 0 Å². The molecule has 0 spiro atoms. The zero-order chi connectivity index (χ0) is 13.8. The van der Waals surface area contributed by atoms with Crippen LogP contribution in [0.5, 0.6) is 0 Å². The molecule has 0 amide bonds. The summed E-state index contributed by atoms with van der Waals surface area (Å²) in [6, 6.07) is 9.82. The van der Waals surface area contributed by atoms with Crippen molar-refractivity contribution in [3.05, 3.63) is 35.4 Å². The molecular formula is C17H27ClN2S. The van der Waals surface area contributed by atoms with E-state index in [2.05, 4.69) is 53.2 Å². The molecule has 0 bridgehead atoms. The third kappa shape index (κ3) is 4.62. The molecule has 0 aromatic heterocycles. The maximum atomic E-state index is 3.48. The summed E-state index contributed by atoms with van der Waals surface area (Å²) < 4.78 is 0. The zero-order valence-corrected chi connectivity index (χ0v) is 14.5. The number of halogens is 1. The number of hydrogen-bond acceptors (Lipinski definition) is 3. The molecule has 2 aliphatic heterocycles. The third-order valence-corrected chi connectivity index (χ3v) is 5.68. The van der Waals surface area contributed by atoms with Crippen LogP contribution in [0.25, 0.3) is 0 Å². The monoisotopic (exact) mass is 326 g/mol. The summed E-state index contributed by atoms with van der Waals surface area (Å²) in [5.74, 6) is 3.45. The van der Waals surface area contributed by atoms with Crippen molar-refractivity contribution in [1.82, 2.24) is 10.2 Å². The van der Waals surface area contributed by atoms with Crippen molar-refractivity contribution >= 4 is 24.2 Å². The predicted octanol–water partition coefficient (Wildman–Crippen LogP) is 3.51. The number of aryl methyl sites for hydroxylation is 1. The van der Waals surface area contributed by atoms with Gasteiger partial charge in [-0.2, -0.15) is 11.8 Å². The molecule has 2 nitrogen and oxygen atoms in total. The van der Waals surface area contributed by atoms with Gasteiger partial charge in [0.05, 0.1) is 0 Å². The van der Waals surface area contributed by atoms with E-state index in [1.54, 1.807) is 0 Å². The molecule has 1 N–H and O–H groups in total. The minimum absolute atomic E-state index is 0. The molecule has 2 heterocycles. The second kappa shape index (κ2) is 8.42. The van der Waals surface area contributed by atoms with Gasteiger partial charge >= 0.3 is 0 Å². The van der Waals surface area contributed by atoms with Gasteiger partial charge in [0.25, 0.3) is 0 Å². The number of nitrogens with zero attached hydrogens (tertiary/aromatic N) is 1.